The van der Waals surface area contributed by atoms with Crippen molar-refractivity contribution in [2.45, 2.75) is 18.9 Å². The van der Waals surface area contributed by atoms with Gasteiger partial charge in [0.05, 0.1) is 6.04 Å². The van der Waals surface area contributed by atoms with Crippen LogP contribution in [0.4, 0.5) is 4.39 Å². The standard InChI is InChI=1S/C11H14FNO/c1-3-5-10(9(2)12)11-6-4-7-13(11)8-14/h3,5,8,11H,1-2,4,6-7H2/b10-5+. The average molecular weight is 195 g/mol. The van der Waals surface area contributed by atoms with Crippen LogP contribution < -0.4 is 0 Å². The van der Waals surface area contributed by atoms with Crippen LogP contribution in [0.25, 0.3) is 0 Å². The van der Waals surface area contributed by atoms with E-state index in [0.29, 0.717) is 12.1 Å². The first kappa shape index (κ1) is 10.7. The molecule has 1 aliphatic heterocycles. The fourth-order valence-electron chi connectivity index (χ4n) is 1.76. The molecule has 76 valence electrons. The maximum atomic E-state index is 13.1. The van der Waals surface area contributed by atoms with Gasteiger partial charge >= 0.3 is 0 Å². The molecule has 1 heterocycles. The van der Waals surface area contributed by atoms with Gasteiger partial charge in [-0.2, -0.15) is 0 Å². The first-order valence-electron chi connectivity index (χ1n) is 4.59. The molecule has 0 N–H and O–H groups in total. The van der Waals surface area contributed by atoms with E-state index in [9.17, 15) is 9.18 Å². The molecule has 0 bridgehead atoms. The minimum absolute atomic E-state index is 0.164. The minimum Gasteiger partial charge on any atom is -0.338 e. The highest BCUT2D eigenvalue weighted by Gasteiger charge is 2.27. The Labute approximate surface area is 83.4 Å². The monoisotopic (exact) mass is 195 g/mol. The van der Waals surface area contributed by atoms with E-state index in [4.69, 9.17) is 0 Å². The minimum atomic E-state index is -0.483. The Morgan fingerprint density at radius 3 is 2.79 bits per heavy atom. The molecule has 0 aliphatic carbocycles. The van der Waals surface area contributed by atoms with Crippen LogP contribution in [0.15, 0.2) is 36.7 Å². The Hall–Kier alpha value is -1.38. The third kappa shape index (κ3) is 2.10. The van der Waals surface area contributed by atoms with Crippen LogP contribution in [0.2, 0.25) is 0 Å². The number of hydrogen-bond donors (Lipinski definition) is 0. The third-order valence-corrected chi connectivity index (χ3v) is 2.40. The van der Waals surface area contributed by atoms with Gasteiger partial charge in [0.25, 0.3) is 0 Å². The van der Waals surface area contributed by atoms with Crippen LogP contribution in [-0.2, 0) is 4.79 Å². The van der Waals surface area contributed by atoms with E-state index in [1.165, 1.54) is 6.08 Å². The molecule has 3 heteroatoms. The zero-order chi connectivity index (χ0) is 10.6. The predicted octanol–water partition coefficient (Wildman–Crippen LogP) is 2.20. The van der Waals surface area contributed by atoms with Crippen molar-refractivity contribution >= 4 is 6.41 Å². The SMILES string of the molecule is C=C/C=C(\C(=C)F)C1CCCN1C=O. The van der Waals surface area contributed by atoms with E-state index >= 15 is 0 Å². The number of halogens is 1. The van der Waals surface area contributed by atoms with Gasteiger partial charge in [0.1, 0.15) is 5.83 Å². The van der Waals surface area contributed by atoms with Crippen molar-refractivity contribution < 1.29 is 9.18 Å². The zero-order valence-corrected chi connectivity index (χ0v) is 8.08. The van der Waals surface area contributed by atoms with Gasteiger partial charge in [-0.25, -0.2) is 4.39 Å². The highest BCUT2D eigenvalue weighted by molar-refractivity contribution is 5.51. The number of likely N-dealkylation sites (tertiary alicyclic amines) is 1. The van der Waals surface area contributed by atoms with E-state index in [1.54, 1.807) is 11.0 Å². The van der Waals surface area contributed by atoms with Crippen molar-refractivity contribution in [2.24, 2.45) is 0 Å². The Bertz CT molecular complexity index is 283. The summed E-state index contributed by atoms with van der Waals surface area (Å²) in [6.07, 6.45) is 5.56. The Morgan fingerprint density at radius 2 is 2.29 bits per heavy atom. The number of amides is 1. The van der Waals surface area contributed by atoms with E-state index < -0.39 is 5.83 Å². The molecule has 1 atom stereocenters. The maximum Gasteiger partial charge on any atom is 0.210 e. The van der Waals surface area contributed by atoms with Gasteiger partial charge in [0, 0.05) is 12.1 Å². The second-order valence-electron chi connectivity index (χ2n) is 3.26. The third-order valence-electron chi connectivity index (χ3n) is 2.40. The normalized spacial score (nSPS) is 22.2. The average Bonchev–Trinajstić information content (AvgIpc) is 2.61. The zero-order valence-electron chi connectivity index (χ0n) is 8.08. The molecule has 14 heavy (non-hydrogen) atoms. The van der Waals surface area contributed by atoms with Gasteiger partial charge in [-0.3, -0.25) is 4.79 Å². The van der Waals surface area contributed by atoms with E-state index in [2.05, 4.69) is 13.2 Å². The molecule has 1 amide bonds. The fourth-order valence-corrected chi connectivity index (χ4v) is 1.76. The summed E-state index contributed by atoms with van der Waals surface area (Å²) in [7, 11) is 0. The number of allylic oxidation sites excluding steroid dienone is 2. The lowest BCUT2D eigenvalue weighted by Crippen LogP contribution is -2.29. The van der Waals surface area contributed by atoms with Crippen molar-refractivity contribution in [3.8, 4) is 0 Å². The second kappa shape index (κ2) is 4.74. The van der Waals surface area contributed by atoms with Gasteiger partial charge in [-0.05, 0) is 12.8 Å². The quantitative estimate of drug-likeness (QED) is 0.497. The molecule has 1 rings (SSSR count). The summed E-state index contributed by atoms with van der Waals surface area (Å²) < 4.78 is 13.1. The Balaban J connectivity index is 2.87. The van der Waals surface area contributed by atoms with Crippen LogP contribution in [-0.4, -0.2) is 23.9 Å². The molecule has 0 aromatic heterocycles. The lowest BCUT2D eigenvalue weighted by Gasteiger charge is -2.21. The molecular weight excluding hydrogens is 181 g/mol. The molecule has 1 unspecified atom stereocenters. The summed E-state index contributed by atoms with van der Waals surface area (Å²) in [5.41, 5.74) is 0.463. The largest absolute Gasteiger partial charge is 0.338 e. The molecule has 0 saturated carbocycles. The summed E-state index contributed by atoms with van der Waals surface area (Å²) in [5.74, 6) is -0.483. The van der Waals surface area contributed by atoms with Crippen molar-refractivity contribution in [2.75, 3.05) is 6.54 Å². The summed E-state index contributed by atoms with van der Waals surface area (Å²) in [5, 5.41) is 0. The van der Waals surface area contributed by atoms with E-state index in [0.717, 1.165) is 19.3 Å². The highest BCUT2D eigenvalue weighted by Crippen LogP contribution is 2.26. The topological polar surface area (TPSA) is 20.3 Å². The Kier molecular flexibility index (Phi) is 3.63. The molecule has 1 aliphatic rings. The van der Waals surface area contributed by atoms with Gasteiger partial charge in [0.15, 0.2) is 0 Å². The number of hydrogen-bond acceptors (Lipinski definition) is 1. The first-order valence-corrected chi connectivity index (χ1v) is 4.59. The van der Waals surface area contributed by atoms with E-state index in [-0.39, 0.29) is 6.04 Å². The molecule has 0 radical (unpaired) electrons. The number of rotatable bonds is 4. The van der Waals surface area contributed by atoms with Gasteiger partial charge in [0.2, 0.25) is 6.41 Å². The predicted molar refractivity (Wildman–Crippen MR) is 54.3 cm³/mol. The molecule has 0 spiro atoms. The molecule has 2 nitrogen and oxygen atoms in total. The summed E-state index contributed by atoms with van der Waals surface area (Å²) in [6, 6.07) is -0.164. The van der Waals surface area contributed by atoms with Crippen molar-refractivity contribution in [3.05, 3.63) is 36.7 Å². The summed E-state index contributed by atoms with van der Waals surface area (Å²) in [4.78, 5) is 12.3. The van der Waals surface area contributed by atoms with Gasteiger partial charge in [-0.15, -0.1) is 0 Å². The van der Waals surface area contributed by atoms with Crippen LogP contribution >= 0.6 is 0 Å². The molecule has 1 fully saturated rings. The Morgan fingerprint density at radius 1 is 1.57 bits per heavy atom. The van der Waals surface area contributed by atoms with Crippen LogP contribution in [0.5, 0.6) is 0 Å². The van der Waals surface area contributed by atoms with Gasteiger partial charge < -0.3 is 4.90 Å². The van der Waals surface area contributed by atoms with Crippen LogP contribution in [0, 0.1) is 0 Å². The number of carbonyl (C=O) groups excluding carboxylic acids is 1. The van der Waals surface area contributed by atoms with Crippen LogP contribution in [0.1, 0.15) is 12.8 Å². The van der Waals surface area contributed by atoms with Crippen molar-refractivity contribution in [1.29, 1.82) is 0 Å². The lowest BCUT2D eigenvalue weighted by atomic mass is 10.0. The fraction of sp³-hybridized carbons (Fsp3) is 0.364. The van der Waals surface area contributed by atoms with Gasteiger partial charge in [-0.1, -0.05) is 25.3 Å². The van der Waals surface area contributed by atoms with Crippen molar-refractivity contribution in [3.63, 3.8) is 0 Å². The molecule has 0 aromatic rings. The molecule has 1 saturated heterocycles. The summed E-state index contributed by atoms with van der Waals surface area (Å²) >= 11 is 0. The first-order chi connectivity index (χ1) is 6.70. The maximum absolute atomic E-state index is 13.1. The molecule has 0 aromatic carbocycles. The van der Waals surface area contributed by atoms with E-state index in [1.807, 2.05) is 0 Å². The summed E-state index contributed by atoms with van der Waals surface area (Å²) in [6.45, 7) is 7.47. The van der Waals surface area contributed by atoms with Crippen LogP contribution in [0.3, 0.4) is 0 Å². The van der Waals surface area contributed by atoms with Crippen molar-refractivity contribution in [1.82, 2.24) is 4.90 Å². The smallest absolute Gasteiger partial charge is 0.210 e. The second-order valence-corrected chi connectivity index (χ2v) is 3.26. The number of nitrogens with zero attached hydrogens (tertiary/aromatic N) is 1. The molecular formula is C11H14FNO. The lowest BCUT2D eigenvalue weighted by molar-refractivity contribution is -0.118. The number of carbonyl (C=O) groups is 1. The highest BCUT2D eigenvalue weighted by atomic mass is 19.1.